The lowest BCUT2D eigenvalue weighted by molar-refractivity contribution is -0.124. The number of rotatable bonds is 4. The Bertz CT molecular complexity index is 372. The van der Waals surface area contributed by atoms with Gasteiger partial charge in [-0.15, -0.1) is 0 Å². The Balaban J connectivity index is 1.70. The highest BCUT2D eigenvalue weighted by Crippen LogP contribution is 2.03. The highest BCUT2D eigenvalue weighted by molar-refractivity contribution is 5.76. The third-order valence-electron chi connectivity index (χ3n) is 2.56. The van der Waals surface area contributed by atoms with Gasteiger partial charge in [0.15, 0.2) is 0 Å². The first-order chi connectivity index (χ1) is 8.24. The van der Waals surface area contributed by atoms with E-state index in [1.807, 2.05) is 6.92 Å². The van der Waals surface area contributed by atoms with Crippen molar-refractivity contribution in [3.05, 3.63) is 17.5 Å². The topological polar surface area (TPSA) is 76.4 Å². The number of nitrogens with zero attached hydrogens (tertiary/aromatic N) is 1. The van der Waals surface area contributed by atoms with E-state index in [-0.39, 0.29) is 12.0 Å². The summed E-state index contributed by atoms with van der Waals surface area (Å²) in [6.07, 6.45) is 0.354. The van der Waals surface area contributed by atoms with Gasteiger partial charge in [-0.05, 0) is 6.92 Å². The van der Waals surface area contributed by atoms with Crippen LogP contribution in [0.5, 0.6) is 0 Å². The Kier molecular flexibility index (Phi) is 4.11. The van der Waals surface area contributed by atoms with E-state index in [1.165, 1.54) is 0 Å². The summed E-state index contributed by atoms with van der Waals surface area (Å²) in [6.45, 7) is 4.48. The lowest BCUT2D eigenvalue weighted by Gasteiger charge is -2.22. The summed E-state index contributed by atoms with van der Waals surface area (Å²) in [6, 6.07) is 1.80. The number of carbonyl (C=O) groups excluding carboxylic acids is 1. The molecular formula is C11H17N3O3. The number of hydrogen-bond donors (Lipinski definition) is 2. The zero-order chi connectivity index (χ0) is 12.1. The molecule has 0 aliphatic carbocycles. The van der Waals surface area contributed by atoms with Crippen molar-refractivity contribution >= 4 is 5.91 Å². The van der Waals surface area contributed by atoms with E-state index < -0.39 is 0 Å². The first-order valence-electron chi connectivity index (χ1n) is 5.75. The van der Waals surface area contributed by atoms with Gasteiger partial charge in [-0.3, -0.25) is 4.79 Å². The van der Waals surface area contributed by atoms with E-state index in [2.05, 4.69) is 15.8 Å². The Hall–Kier alpha value is -1.40. The average molecular weight is 239 g/mol. The number of amides is 1. The Morgan fingerprint density at radius 3 is 3.24 bits per heavy atom. The van der Waals surface area contributed by atoms with E-state index in [9.17, 15) is 4.79 Å². The van der Waals surface area contributed by atoms with Crippen molar-refractivity contribution in [2.24, 2.45) is 0 Å². The van der Waals surface area contributed by atoms with Crippen LogP contribution < -0.4 is 10.6 Å². The van der Waals surface area contributed by atoms with Crippen molar-refractivity contribution in [2.45, 2.75) is 26.0 Å². The molecule has 1 aliphatic rings. The Labute approximate surface area is 99.7 Å². The SMILES string of the molecule is Cc1cc(CNC(=O)CC2CNCCO2)no1. The van der Waals surface area contributed by atoms with Crippen molar-refractivity contribution < 1.29 is 14.1 Å². The van der Waals surface area contributed by atoms with Gasteiger partial charge in [0, 0.05) is 19.2 Å². The van der Waals surface area contributed by atoms with Crippen molar-refractivity contribution in [3.8, 4) is 0 Å². The van der Waals surface area contributed by atoms with E-state index >= 15 is 0 Å². The molecule has 1 unspecified atom stereocenters. The molecule has 0 aromatic carbocycles. The third kappa shape index (κ3) is 3.83. The van der Waals surface area contributed by atoms with Gasteiger partial charge in [0.1, 0.15) is 11.5 Å². The number of carbonyl (C=O) groups is 1. The van der Waals surface area contributed by atoms with Gasteiger partial charge in [-0.2, -0.15) is 0 Å². The van der Waals surface area contributed by atoms with Crippen LogP contribution in [0.2, 0.25) is 0 Å². The molecule has 0 radical (unpaired) electrons. The lowest BCUT2D eigenvalue weighted by Crippen LogP contribution is -2.41. The molecule has 2 rings (SSSR count). The van der Waals surface area contributed by atoms with Gasteiger partial charge >= 0.3 is 0 Å². The summed E-state index contributed by atoms with van der Waals surface area (Å²) in [7, 11) is 0. The zero-order valence-electron chi connectivity index (χ0n) is 9.86. The lowest BCUT2D eigenvalue weighted by atomic mass is 10.2. The van der Waals surface area contributed by atoms with Gasteiger partial charge in [0.25, 0.3) is 0 Å². The fourth-order valence-electron chi connectivity index (χ4n) is 1.72. The molecule has 6 nitrogen and oxygen atoms in total. The second-order valence-electron chi connectivity index (χ2n) is 4.11. The molecular weight excluding hydrogens is 222 g/mol. The van der Waals surface area contributed by atoms with Gasteiger partial charge in [0.2, 0.25) is 5.91 Å². The van der Waals surface area contributed by atoms with Crippen LogP contribution >= 0.6 is 0 Å². The second kappa shape index (κ2) is 5.79. The molecule has 1 aromatic rings. The van der Waals surface area contributed by atoms with Crippen LogP contribution in [0.15, 0.2) is 10.6 Å². The summed E-state index contributed by atoms with van der Waals surface area (Å²) in [5, 5.41) is 9.78. The number of nitrogens with one attached hydrogen (secondary N) is 2. The minimum atomic E-state index is -0.0284. The normalized spacial score (nSPS) is 20.2. The summed E-state index contributed by atoms with van der Waals surface area (Å²) in [4.78, 5) is 11.6. The molecule has 1 aromatic heterocycles. The number of morpholine rings is 1. The zero-order valence-corrected chi connectivity index (χ0v) is 9.86. The summed E-state index contributed by atoms with van der Waals surface area (Å²) in [5.74, 6) is 0.716. The monoisotopic (exact) mass is 239 g/mol. The van der Waals surface area contributed by atoms with Gasteiger partial charge < -0.3 is 19.9 Å². The minimum Gasteiger partial charge on any atom is -0.375 e. The predicted octanol–water partition coefficient (Wildman–Crippen LogP) is -0.0223. The third-order valence-corrected chi connectivity index (χ3v) is 2.56. The van der Waals surface area contributed by atoms with Crippen LogP contribution in [-0.2, 0) is 16.1 Å². The van der Waals surface area contributed by atoms with Crippen LogP contribution in [-0.4, -0.2) is 36.9 Å². The number of ether oxygens (including phenoxy) is 1. The molecule has 2 heterocycles. The number of aryl methyl sites for hydroxylation is 1. The van der Waals surface area contributed by atoms with Gasteiger partial charge in [-0.1, -0.05) is 5.16 Å². The van der Waals surface area contributed by atoms with Crippen LogP contribution in [0.25, 0.3) is 0 Å². The fraction of sp³-hybridized carbons (Fsp3) is 0.636. The molecule has 0 bridgehead atoms. The summed E-state index contributed by atoms with van der Waals surface area (Å²) < 4.78 is 10.4. The van der Waals surface area contributed by atoms with Crippen molar-refractivity contribution in [1.29, 1.82) is 0 Å². The summed E-state index contributed by atoms with van der Waals surface area (Å²) >= 11 is 0. The molecule has 1 amide bonds. The van der Waals surface area contributed by atoms with Gasteiger partial charge in [0.05, 0.1) is 25.7 Å². The number of hydrogen-bond acceptors (Lipinski definition) is 5. The first kappa shape index (κ1) is 12.1. The van der Waals surface area contributed by atoms with E-state index in [0.717, 1.165) is 24.5 Å². The minimum absolute atomic E-state index is 0.0252. The Morgan fingerprint density at radius 2 is 2.59 bits per heavy atom. The first-order valence-corrected chi connectivity index (χ1v) is 5.75. The average Bonchev–Trinajstić information content (AvgIpc) is 2.74. The highest BCUT2D eigenvalue weighted by atomic mass is 16.5. The van der Waals surface area contributed by atoms with E-state index in [4.69, 9.17) is 9.26 Å². The second-order valence-corrected chi connectivity index (χ2v) is 4.11. The van der Waals surface area contributed by atoms with Crippen molar-refractivity contribution in [2.75, 3.05) is 19.7 Å². The largest absolute Gasteiger partial charge is 0.375 e. The summed E-state index contributed by atoms with van der Waals surface area (Å²) in [5.41, 5.74) is 0.735. The maximum absolute atomic E-state index is 11.6. The molecule has 6 heteroatoms. The maximum atomic E-state index is 11.6. The van der Waals surface area contributed by atoms with Crippen molar-refractivity contribution in [3.63, 3.8) is 0 Å². The van der Waals surface area contributed by atoms with Crippen molar-refractivity contribution in [1.82, 2.24) is 15.8 Å². The molecule has 1 fully saturated rings. The molecule has 17 heavy (non-hydrogen) atoms. The Morgan fingerprint density at radius 1 is 1.71 bits per heavy atom. The van der Waals surface area contributed by atoms with Gasteiger partial charge in [-0.25, -0.2) is 0 Å². The smallest absolute Gasteiger partial charge is 0.222 e. The van der Waals surface area contributed by atoms with E-state index in [1.54, 1.807) is 6.07 Å². The van der Waals surface area contributed by atoms with Crippen LogP contribution in [0.3, 0.4) is 0 Å². The van der Waals surface area contributed by atoms with Crippen LogP contribution in [0.1, 0.15) is 17.9 Å². The standard InChI is InChI=1S/C11H17N3O3/c1-8-4-9(14-17-8)6-13-11(15)5-10-7-12-2-3-16-10/h4,10,12H,2-3,5-7H2,1H3,(H,13,15). The molecule has 1 atom stereocenters. The predicted molar refractivity (Wildman–Crippen MR) is 60.3 cm³/mol. The molecule has 0 spiro atoms. The fourth-order valence-corrected chi connectivity index (χ4v) is 1.72. The quantitative estimate of drug-likeness (QED) is 0.772. The van der Waals surface area contributed by atoms with Crippen LogP contribution in [0, 0.1) is 6.92 Å². The highest BCUT2D eigenvalue weighted by Gasteiger charge is 2.17. The molecule has 2 N–H and O–H groups in total. The molecule has 1 aliphatic heterocycles. The van der Waals surface area contributed by atoms with E-state index in [0.29, 0.717) is 19.6 Å². The number of aromatic nitrogens is 1. The maximum Gasteiger partial charge on any atom is 0.222 e. The molecule has 0 saturated carbocycles. The molecule has 1 saturated heterocycles. The molecule has 94 valence electrons. The van der Waals surface area contributed by atoms with Crippen LogP contribution in [0.4, 0.5) is 0 Å².